The maximum atomic E-state index is 12.5. The maximum Gasteiger partial charge on any atom is 0.203 e. The van der Waals surface area contributed by atoms with Crippen molar-refractivity contribution in [3.63, 3.8) is 0 Å². The van der Waals surface area contributed by atoms with Crippen LogP contribution in [-0.4, -0.2) is 34.2 Å². The molecule has 0 aromatic heterocycles. The molecule has 5 heteroatoms. The van der Waals surface area contributed by atoms with Crippen LogP contribution in [0.1, 0.15) is 36.8 Å². The minimum Gasteiger partial charge on any atom is -0.497 e. The second-order valence-corrected chi connectivity index (χ2v) is 6.79. The van der Waals surface area contributed by atoms with Crippen LogP contribution in [0.3, 0.4) is 0 Å². The summed E-state index contributed by atoms with van der Waals surface area (Å²) in [5.41, 5.74) is 1.66. The van der Waals surface area contributed by atoms with Gasteiger partial charge in [0.15, 0.2) is 11.5 Å². The third-order valence-corrected chi connectivity index (χ3v) is 5.42. The zero-order valence-electron chi connectivity index (χ0n) is 16.3. The molecule has 0 spiro atoms. The van der Waals surface area contributed by atoms with Gasteiger partial charge in [0.25, 0.3) is 0 Å². The van der Waals surface area contributed by atoms with E-state index in [-0.39, 0.29) is 5.78 Å². The first-order valence-corrected chi connectivity index (χ1v) is 9.04. The quantitative estimate of drug-likeness (QED) is 0.765. The Morgan fingerprint density at radius 3 is 1.93 bits per heavy atom. The average Bonchev–Trinajstić information content (AvgIpc) is 2.72. The van der Waals surface area contributed by atoms with Crippen molar-refractivity contribution in [2.75, 3.05) is 28.4 Å². The van der Waals surface area contributed by atoms with Crippen LogP contribution in [0, 0.1) is 0 Å². The molecule has 27 heavy (non-hydrogen) atoms. The molecule has 0 bridgehead atoms. The summed E-state index contributed by atoms with van der Waals surface area (Å²) in [6, 6.07) is 11.9. The van der Waals surface area contributed by atoms with Crippen LogP contribution in [0.25, 0.3) is 0 Å². The van der Waals surface area contributed by atoms with Crippen LogP contribution in [-0.2, 0) is 10.2 Å². The monoisotopic (exact) mass is 370 g/mol. The fourth-order valence-electron chi connectivity index (χ4n) is 4.03. The minimum absolute atomic E-state index is 0.269. The van der Waals surface area contributed by atoms with Gasteiger partial charge in [-0.05, 0) is 48.2 Å². The molecule has 3 rings (SSSR count). The predicted molar refractivity (Wildman–Crippen MR) is 103 cm³/mol. The van der Waals surface area contributed by atoms with Crippen molar-refractivity contribution in [3.8, 4) is 23.0 Å². The standard InChI is InChI=1S/C22H26O5/c1-24-18-9-7-15(8-10-18)22(11-5-6-17(23)14-22)16-12-19(25-2)21(27-4)20(13-16)26-3/h7-10,12-13H,5-6,11,14H2,1-4H3/t22-/m1/s1. The highest BCUT2D eigenvalue weighted by Crippen LogP contribution is 2.49. The van der Waals surface area contributed by atoms with Crippen LogP contribution >= 0.6 is 0 Å². The Bertz CT molecular complexity index is 787. The molecule has 0 saturated heterocycles. The Morgan fingerprint density at radius 1 is 0.815 bits per heavy atom. The van der Waals surface area contributed by atoms with Crippen molar-refractivity contribution in [1.29, 1.82) is 0 Å². The zero-order valence-corrected chi connectivity index (χ0v) is 16.3. The van der Waals surface area contributed by atoms with E-state index in [2.05, 4.69) is 0 Å². The fourth-order valence-corrected chi connectivity index (χ4v) is 4.03. The number of hydrogen-bond donors (Lipinski definition) is 0. The summed E-state index contributed by atoms with van der Waals surface area (Å²) in [5, 5.41) is 0. The first-order chi connectivity index (χ1) is 13.1. The van der Waals surface area contributed by atoms with Gasteiger partial charge in [-0.3, -0.25) is 4.79 Å². The van der Waals surface area contributed by atoms with E-state index < -0.39 is 5.41 Å². The number of methoxy groups -OCH3 is 4. The number of carbonyl (C=O) groups excluding carboxylic acids is 1. The Kier molecular flexibility index (Phi) is 5.59. The zero-order chi connectivity index (χ0) is 19.4. The highest BCUT2D eigenvalue weighted by molar-refractivity contribution is 5.82. The highest BCUT2D eigenvalue weighted by Gasteiger charge is 2.40. The molecule has 0 unspecified atom stereocenters. The van der Waals surface area contributed by atoms with Crippen molar-refractivity contribution in [1.82, 2.24) is 0 Å². The lowest BCUT2D eigenvalue weighted by molar-refractivity contribution is -0.121. The molecule has 0 radical (unpaired) electrons. The average molecular weight is 370 g/mol. The van der Waals surface area contributed by atoms with Gasteiger partial charge in [0.2, 0.25) is 5.75 Å². The minimum atomic E-state index is -0.422. The second kappa shape index (κ2) is 7.91. The van der Waals surface area contributed by atoms with Crippen molar-refractivity contribution in [2.45, 2.75) is 31.1 Å². The van der Waals surface area contributed by atoms with Crippen molar-refractivity contribution in [3.05, 3.63) is 47.5 Å². The summed E-state index contributed by atoms with van der Waals surface area (Å²) < 4.78 is 21.8. The van der Waals surface area contributed by atoms with E-state index in [9.17, 15) is 4.79 Å². The molecule has 1 atom stereocenters. The van der Waals surface area contributed by atoms with E-state index in [1.54, 1.807) is 28.4 Å². The van der Waals surface area contributed by atoms with Crippen LogP contribution in [0.4, 0.5) is 0 Å². The van der Waals surface area contributed by atoms with E-state index >= 15 is 0 Å². The fraction of sp³-hybridized carbons (Fsp3) is 0.409. The summed E-state index contributed by atoms with van der Waals surface area (Å²) in [7, 11) is 6.44. The lowest BCUT2D eigenvalue weighted by atomic mass is 9.65. The number of rotatable bonds is 6. The van der Waals surface area contributed by atoms with E-state index in [0.29, 0.717) is 30.1 Å². The number of carbonyl (C=O) groups is 1. The molecular weight excluding hydrogens is 344 g/mol. The van der Waals surface area contributed by atoms with E-state index in [1.807, 2.05) is 36.4 Å². The number of hydrogen-bond acceptors (Lipinski definition) is 5. The molecule has 1 aliphatic rings. The Hall–Kier alpha value is -2.69. The van der Waals surface area contributed by atoms with E-state index in [4.69, 9.17) is 18.9 Å². The van der Waals surface area contributed by atoms with Gasteiger partial charge in [-0.25, -0.2) is 0 Å². The van der Waals surface area contributed by atoms with Gasteiger partial charge in [0, 0.05) is 18.3 Å². The third kappa shape index (κ3) is 3.46. The van der Waals surface area contributed by atoms with Gasteiger partial charge in [0.05, 0.1) is 28.4 Å². The topological polar surface area (TPSA) is 54.0 Å². The molecule has 5 nitrogen and oxygen atoms in total. The summed E-state index contributed by atoms with van der Waals surface area (Å²) in [4.78, 5) is 12.5. The van der Waals surface area contributed by atoms with Gasteiger partial charge in [-0.1, -0.05) is 12.1 Å². The molecular formula is C22H26O5. The number of Topliss-reactive ketones (excluding diaryl/α,β-unsaturated/α-hetero) is 1. The number of ketones is 1. The molecule has 2 aromatic rings. The van der Waals surface area contributed by atoms with E-state index in [0.717, 1.165) is 29.7 Å². The smallest absolute Gasteiger partial charge is 0.203 e. The van der Waals surface area contributed by atoms with Crippen molar-refractivity contribution >= 4 is 5.78 Å². The summed E-state index contributed by atoms with van der Waals surface area (Å²) in [5.74, 6) is 2.80. The van der Waals surface area contributed by atoms with Gasteiger partial charge in [0.1, 0.15) is 11.5 Å². The van der Waals surface area contributed by atoms with Crippen molar-refractivity contribution < 1.29 is 23.7 Å². The first-order valence-electron chi connectivity index (χ1n) is 9.04. The largest absolute Gasteiger partial charge is 0.497 e. The summed E-state index contributed by atoms with van der Waals surface area (Å²) >= 11 is 0. The summed E-state index contributed by atoms with van der Waals surface area (Å²) in [6.07, 6.45) is 2.81. The molecule has 144 valence electrons. The lowest BCUT2D eigenvalue weighted by Crippen LogP contribution is -2.34. The van der Waals surface area contributed by atoms with Gasteiger partial charge in [-0.2, -0.15) is 0 Å². The predicted octanol–water partition coefficient (Wildman–Crippen LogP) is 4.15. The molecule has 1 saturated carbocycles. The van der Waals surface area contributed by atoms with E-state index in [1.165, 1.54) is 0 Å². The third-order valence-electron chi connectivity index (χ3n) is 5.42. The van der Waals surface area contributed by atoms with Crippen LogP contribution in [0.2, 0.25) is 0 Å². The lowest BCUT2D eigenvalue weighted by Gasteiger charge is -2.38. The molecule has 1 aliphatic carbocycles. The summed E-state index contributed by atoms with van der Waals surface area (Å²) in [6.45, 7) is 0. The normalized spacial score (nSPS) is 19.5. The Labute approximate surface area is 160 Å². The van der Waals surface area contributed by atoms with Gasteiger partial charge >= 0.3 is 0 Å². The van der Waals surface area contributed by atoms with Crippen LogP contribution < -0.4 is 18.9 Å². The molecule has 0 N–H and O–H groups in total. The highest BCUT2D eigenvalue weighted by atomic mass is 16.5. The molecule has 0 aliphatic heterocycles. The Balaban J connectivity index is 2.20. The SMILES string of the molecule is COc1ccc([C@@]2(c3cc(OC)c(OC)c(OC)c3)CCCC(=O)C2)cc1. The van der Waals surface area contributed by atoms with Crippen LogP contribution in [0.15, 0.2) is 36.4 Å². The molecule has 0 amide bonds. The van der Waals surface area contributed by atoms with Crippen molar-refractivity contribution in [2.24, 2.45) is 0 Å². The molecule has 0 heterocycles. The van der Waals surface area contributed by atoms with Crippen LogP contribution in [0.5, 0.6) is 23.0 Å². The number of ether oxygens (including phenoxy) is 4. The van der Waals surface area contributed by atoms with Gasteiger partial charge < -0.3 is 18.9 Å². The first kappa shape index (κ1) is 19.1. The molecule has 2 aromatic carbocycles. The Morgan fingerprint density at radius 2 is 1.44 bits per heavy atom. The maximum absolute atomic E-state index is 12.5. The number of benzene rings is 2. The van der Waals surface area contributed by atoms with Gasteiger partial charge in [-0.15, -0.1) is 0 Å². The molecule has 1 fully saturated rings. The second-order valence-electron chi connectivity index (χ2n) is 6.79.